The van der Waals surface area contributed by atoms with Gasteiger partial charge in [0.1, 0.15) is 5.69 Å². The Balaban J connectivity index is 1.96. The summed E-state index contributed by atoms with van der Waals surface area (Å²) in [6, 6.07) is 4.31. The number of carbonyl (C=O) groups excluding carboxylic acids is 1. The van der Waals surface area contributed by atoms with Gasteiger partial charge in [0.05, 0.1) is 17.4 Å². The summed E-state index contributed by atoms with van der Waals surface area (Å²) in [5.41, 5.74) is 0.412. The third kappa shape index (κ3) is 2.36. The summed E-state index contributed by atoms with van der Waals surface area (Å²) in [6.07, 6.45) is 4.06. The van der Waals surface area contributed by atoms with E-state index in [9.17, 15) is 20.0 Å². The number of rotatable bonds is 3. The molecule has 1 N–H and O–H groups in total. The summed E-state index contributed by atoms with van der Waals surface area (Å²) in [5, 5.41) is 20.4. The second-order valence-electron chi connectivity index (χ2n) is 4.79. The number of aromatic nitrogens is 2. The monoisotopic (exact) mass is 288 g/mol. The van der Waals surface area contributed by atoms with Crippen LogP contribution in [-0.4, -0.2) is 49.6 Å². The Labute approximate surface area is 119 Å². The number of aliphatic hydroxyl groups is 1. The van der Waals surface area contributed by atoms with Crippen molar-refractivity contribution in [3.63, 3.8) is 0 Å². The van der Waals surface area contributed by atoms with Gasteiger partial charge < -0.3 is 14.6 Å². The minimum absolute atomic E-state index is 0.167. The maximum absolute atomic E-state index is 12.1. The number of carbonyl (C=O) groups is 1. The molecule has 1 aromatic heterocycles. The number of aliphatic hydroxyl groups excluding tert-OH is 1. The van der Waals surface area contributed by atoms with E-state index in [1.165, 1.54) is 40.2 Å². The minimum Gasteiger partial charge on any atom is -0.389 e. The van der Waals surface area contributed by atoms with Gasteiger partial charge in [-0.2, -0.15) is 0 Å². The largest absolute Gasteiger partial charge is 0.389 e. The molecule has 0 atom stereocenters. The molecule has 1 aromatic carbocycles. The summed E-state index contributed by atoms with van der Waals surface area (Å²) in [7, 11) is 0. The van der Waals surface area contributed by atoms with E-state index in [1.54, 1.807) is 6.20 Å². The van der Waals surface area contributed by atoms with E-state index in [-0.39, 0.29) is 30.2 Å². The fourth-order valence-electron chi connectivity index (χ4n) is 2.23. The molecule has 8 heteroatoms. The van der Waals surface area contributed by atoms with Crippen LogP contribution in [0.5, 0.6) is 0 Å². The highest BCUT2D eigenvalue weighted by Gasteiger charge is 2.30. The van der Waals surface area contributed by atoms with Crippen molar-refractivity contribution in [3.8, 4) is 5.69 Å². The van der Waals surface area contributed by atoms with Crippen LogP contribution in [0.2, 0.25) is 0 Å². The Morgan fingerprint density at radius 1 is 1.43 bits per heavy atom. The fourth-order valence-corrected chi connectivity index (χ4v) is 2.23. The zero-order chi connectivity index (χ0) is 15.0. The first-order valence-corrected chi connectivity index (χ1v) is 6.30. The third-order valence-electron chi connectivity index (χ3n) is 3.35. The molecular formula is C13H12N4O4. The number of hydrogen-bond acceptors (Lipinski definition) is 5. The molecule has 1 aliphatic heterocycles. The lowest BCUT2D eigenvalue weighted by atomic mass is 10.1. The van der Waals surface area contributed by atoms with Crippen LogP contribution in [0.3, 0.4) is 0 Å². The number of imidazole rings is 1. The number of nitro benzene ring substituents is 1. The van der Waals surface area contributed by atoms with E-state index in [2.05, 4.69) is 4.98 Å². The van der Waals surface area contributed by atoms with Crippen LogP contribution in [0.1, 0.15) is 10.4 Å². The van der Waals surface area contributed by atoms with Crippen LogP contribution in [0.25, 0.3) is 5.69 Å². The average molecular weight is 288 g/mol. The lowest BCUT2D eigenvalue weighted by Crippen LogP contribution is -2.53. The number of nitro groups is 1. The van der Waals surface area contributed by atoms with Crippen molar-refractivity contribution in [2.75, 3.05) is 13.1 Å². The quantitative estimate of drug-likeness (QED) is 0.658. The highest BCUT2D eigenvalue weighted by molar-refractivity contribution is 5.96. The van der Waals surface area contributed by atoms with Gasteiger partial charge in [-0.25, -0.2) is 4.98 Å². The number of likely N-dealkylation sites (tertiary alicyclic amines) is 1. The summed E-state index contributed by atoms with van der Waals surface area (Å²) < 4.78 is 1.51. The van der Waals surface area contributed by atoms with Gasteiger partial charge in [-0.05, 0) is 12.1 Å². The molecule has 3 rings (SSSR count). The van der Waals surface area contributed by atoms with Crippen LogP contribution >= 0.6 is 0 Å². The van der Waals surface area contributed by atoms with Gasteiger partial charge in [-0.1, -0.05) is 0 Å². The van der Waals surface area contributed by atoms with E-state index < -0.39 is 11.0 Å². The average Bonchev–Trinajstić information content (AvgIpc) is 2.96. The molecule has 0 aliphatic carbocycles. The van der Waals surface area contributed by atoms with Crippen LogP contribution in [0.15, 0.2) is 36.9 Å². The Morgan fingerprint density at radius 2 is 2.19 bits per heavy atom. The molecule has 8 nitrogen and oxygen atoms in total. The fraction of sp³-hybridized carbons (Fsp3) is 0.231. The van der Waals surface area contributed by atoms with E-state index in [4.69, 9.17) is 0 Å². The molecule has 1 fully saturated rings. The first kappa shape index (κ1) is 13.3. The maximum atomic E-state index is 12.1. The number of amides is 1. The second-order valence-corrected chi connectivity index (χ2v) is 4.79. The van der Waals surface area contributed by atoms with E-state index in [0.29, 0.717) is 5.69 Å². The molecule has 0 radical (unpaired) electrons. The molecular weight excluding hydrogens is 276 g/mol. The molecule has 0 spiro atoms. The van der Waals surface area contributed by atoms with E-state index >= 15 is 0 Å². The van der Waals surface area contributed by atoms with Crippen LogP contribution in [-0.2, 0) is 0 Å². The SMILES string of the molecule is O=C(c1ccc(-n2ccnc2)c([N+](=O)[O-])c1)N1CC(O)C1. The molecule has 0 saturated carbocycles. The molecule has 2 heterocycles. The Bertz CT molecular complexity index is 692. The predicted molar refractivity (Wildman–Crippen MR) is 72.1 cm³/mol. The summed E-state index contributed by atoms with van der Waals surface area (Å²) in [5.74, 6) is -0.319. The molecule has 0 bridgehead atoms. The first-order valence-electron chi connectivity index (χ1n) is 6.30. The first-order chi connectivity index (χ1) is 10.1. The van der Waals surface area contributed by atoms with Gasteiger partial charge in [0.25, 0.3) is 11.6 Å². The minimum atomic E-state index is -0.531. The molecule has 1 aliphatic rings. The number of benzene rings is 1. The van der Waals surface area contributed by atoms with Gasteiger partial charge >= 0.3 is 0 Å². The highest BCUT2D eigenvalue weighted by atomic mass is 16.6. The number of hydrogen-bond donors (Lipinski definition) is 1. The smallest absolute Gasteiger partial charge is 0.294 e. The number of β-amino-alcohol motifs (C(OH)–C–C–N with tert-alkyl or cyclic N) is 1. The van der Waals surface area contributed by atoms with Crippen molar-refractivity contribution in [3.05, 3.63) is 52.6 Å². The van der Waals surface area contributed by atoms with E-state index in [1.807, 2.05) is 0 Å². The molecule has 21 heavy (non-hydrogen) atoms. The Kier molecular flexibility index (Phi) is 3.15. The van der Waals surface area contributed by atoms with Crippen molar-refractivity contribution in [2.45, 2.75) is 6.10 Å². The van der Waals surface area contributed by atoms with Gasteiger partial charge in [0.2, 0.25) is 0 Å². The van der Waals surface area contributed by atoms with Crippen molar-refractivity contribution >= 4 is 11.6 Å². The lowest BCUT2D eigenvalue weighted by molar-refractivity contribution is -0.384. The molecule has 1 amide bonds. The second kappa shape index (κ2) is 4.98. The summed E-state index contributed by atoms with van der Waals surface area (Å²) in [6.45, 7) is 0.520. The van der Waals surface area contributed by atoms with Crippen LogP contribution in [0, 0.1) is 10.1 Å². The zero-order valence-electron chi connectivity index (χ0n) is 10.9. The summed E-state index contributed by atoms with van der Waals surface area (Å²) >= 11 is 0. The molecule has 1 saturated heterocycles. The van der Waals surface area contributed by atoms with Gasteiger partial charge in [-0.15, -0.1) is 0 Å². The van der Waals surface area contributed by atoms with Gasteiger partial charge in [-0.3, -0.25) is 14.9 Å². The van der Waals surface area contributed by atoms with Crippen LogP contribution < -0.4 is 0 Å². The van der Waals surface area contributed by atoms with Crippen molar-refractivity contribution in [1.82, 2.24) is 14.5 Å². The predicted octanol–water partition coefficient (Wildman–Crippen LogP) is 0.597. The molecule has 2 aromatic rings. The van der Waals surface area contributed by atoms with E-state index in [0.717, 1.165) is 0 Å². The Hall–Kier alpha value is -2.74. The standard InChI is InChI=1S/C13H12N4O4/c18-10-6-16(7-10)13(19)9-1-2-11(12(5-9)17(20)21)15-4-3-14-8-15/h1-5,8,10,18H,6-7H2. The molecule has 0 unspecified atom stereocenters. The van der Waals surface area contributed by atoms with Crippen LogP contribution in [0.4, 0.5) is 5.69 Å². The zero-order valence-corrected chi connectivity index (χ0v) is 10.9. The number of nitrogens with zero attached hydrogens (tertiary/aromatic N) is 4. The van der Waals surface area contributed by atoms with Gasteiger partial charge in [0, 0.05) is 37.1 Å². The highest BCUT2D eigenvalue weighted by Crippen LogP contribution is 2.25. The van der Waals surface area contributed by atoms with Crippen molar-refractivity contribution in [1.29, 1.82) is 0 Å². The van der Waals surface area contributed by atoms with Gasteiger partial charge in [0.15, 0.2) is 0 Å². The topological polar surface area (TPSA) is 102 Å². The molecule has 108 valence electrons. The van der Waals surface area contributed by atoms with Crippen molar-refractivity contribution < 1.29 is 14.8 Å². The maximum Gasteiger partial charge on any atom is 0.294 e. The lowest BCUT2D eigenvalue weighted by Gasteiger charge is -2.35. The Morgan fingerprint density at radius 3 is 2.76 bits per heavy atom. The van der Waals surface area contributed by atoms with Crippen molar-refractivity contribution in [2.24, 2.45) is 0 Å². The summed E-state index contributed by atoms with van der Waals surface area (Å²) in [4.78, 5) is 28.1. The normalized spacial score (nSPS) is 14.8. The third-order valence-corrected chi connectivity index (χ3v) is 3.35.